The molecule has 3 N–H and O–H groups in total. The molecule has 1 aliphatic rings. The molecule has 7 heteroatoms. The van der Waals surface area contributed by atoms with Crippen molar-refractivity contribution in [2.24, 2.45) is 22.2 Å². The van der Waals surface area contributed by atoms with Crippen LogP contribution in [0.15, 0.2) is 53.6 Å². The van der Waals surface area contributed by atoms with Crippen LogP contribution in [0.3, 0.4) is 0 Å². The average molecular weight is 457 g/mol. The summed E-state index contributed by atoms with van der Waals surface area (Å²) in [5.41, 5.74) is 8.68. The van der Waals surface area contributed by atoms with Gasteiger partial charge in [0.15, 0.2) is 0 Å². The van der Waals surface area contributed by atoms with Crippen LogP contribution < -0.4 is 15.8 Å². The van der Waals surface area contributed by atoms with E-state index in [9.17, 15) is 4.79 Å². The van der Waals surface area contributed by atoms with E-state index in [1.54, 1.807) is 24.3 Å². The predicted molar refractivity (Wildman–Crippen MR) is 131 cm³/mol. The lowest BCUT2D eigenvalue weighted by Crippen LogP contribution is -2.43. The minimum Gasteiger partial charge on any atom is -0.491 e. The molecule has 0 spiro atoms. The minimum atomic E-state index is -0.273. The second-order valence-electron chi connectivity index (χ2n) is 8.52. The van der Waals surface area contributed by atoms with E-state index in [1.807, 2.05) is 38.1 Å². The fraction of sp³-hybridized carbons (Fsp3) is 0.440. The van der Waals surface area contributed by atoms with Crippen molar-refractivity contribution in [3.63, 3.8) is 0 Å². The maximum atomic E-state index is 13.0. The Kier molecular flexibility index (Phi) is 7.80. The summed E-state index contributed by atoms with van der Waals surface area (Å²) in [6.07, 6.45) is 1.92. The lowest BCUT2D eigenvalue weighted by molar-refractivity contribution is 0.172. The normalized spacial score (nSPS) is 16.3. The van der Waals surface area contributed by atoms with Crippen LogP contribution in [0.2, 0.25) is 5.02 Å². The number of nitrogens with zero attached hydrogens (tertiary/aromatic N) is 2. The topological polar surface area (TPSA) is 80.0 Å². The van der Waals surface area contributed by atoms with Gasteiger partial charge in [-0.25, -0.2) is 9.80 Å². The van der Waals surface area contributed by atoms with E-state index < -0.39 is 0 Å². The molecule has 0 saturated carbocycles. The number of nitrogens with one attached hydrogen (secondary N) is 1. The number of carbonyl (C=O) groups is 1. The quantitative estimate of drug-likeness (QED) is 0.529. The van der Waals surface area contributed by atoms with Gasteiger partial charge in [0.2, 0.25) is 0 Å². The molecule has 32 heavy (non-hydrogen) atoms. The second-order valence-corrected chi connectivity index (χ2v) is 8.96. The zero-order chi connectivity index (χ0) is 23.3. The summed E-state index contributed by atoms with van der Waals surface area (Å²) in [5.74, 6) is 0.850. The fourth-order valence-corrected chi connectivity index (χ4v) is 4.37. The Bertz CT molecular complexity index is 929. The zero-order valence-electron chi connectivity index (χ0n) is 19.3. The molecule has 0 aromatic heterocycles. The number of halogens is 1. The van der Waals surface area contributed by atoms with Gasteiger partial charge in [0.25, 0.3) is 0 Å². The third kappa shape index (κ3) is 5.25. The molecule has 6 nitrogen and oxygen atoms in total. The Morgan fingerprint density at radius 2 is 1.81 bits per heavy atom. The van der Waals surface area contributed by atoms with Crippen LogP contribution in [0.25, 0.3) is 0 Å². The van der Waals surface area contributed by atoms with Gasteiger partial charge in [-0.2, -0.15) is 5.10 Å². The summed E-state index contributed by atoms with van der Waals surface area (Å²) < 4.78 is 5.78. The van der Waals surface area contributed by atoms with Gasteiger partial charge in [-0.1, -0.05) is 25.4 Å². The number of ether oxygens (including phenoxy) is 1. The van der Waals surface area contributed by atoms with E-state index in [0.29, 0.717) is 23.8 Å². The van der Waals surface area contributed by atoms with Crippen molar-refractivity contribution in [2.75, 3.05) is 18.4 Å². The van der Waals surface area contributed by atoms with Crippen molar-refractivity contribution in [1.82, 2.24) is 5.01 Å². The molecule has 172 valence electrons. The van der Waals surface area contributed by atoms with Gasteiger partial charge in [0, 0.05) is 16.6 Å². The SMILES string of the molecule is CCC(CC)(CN)[C@@H]1CN(C(=O)Nc2ccc(Cl)cc2)N=C1c1ccc(OC(C)C)cc1. The van der Waals surface area contributed by atoms with Gasteiger partial charge >= 0.3 is 6.03 Å². The van der Waals surface area contributed by atoms with E-state index in [4.69, 9.17) is 27.2 Å². The van der Waals surface area contributed by atoms with Gasteiger partial charge in [0.05, 0.1) is 18.4 Å². The highest BCUT2D eigenvalue weighted by Crippen LogP contribution is 2.40. The first-order valence-corrected chi connectivity index (χ1v) is 11.6. The summed E-state index contributed by atoms with van der Waals surface area (Å²) in [7, 11) is 0. The number of benzene rings is 2. The van der Waals surface area contributed by atoms with Gasteiger partial charge in [-0.05, 0) is 92.7 Å². The smallest absolute Gasteiger partial charge is 0.342 e. The molecule has 0 radical (unpaired) electrons. The molecule has 2 amide bonds. The first kappa shape index (κ1) is 24.1. The Balaban J connectivity index is 1.91. The summed E-state index contributed by atoms with van der Waals surface area (Å²) >= 11 is 5.95. The van der Waals surface area contributed by atoms with Crippen molar-refractivity contribution in [3.8, 4) is 5.75 Å². The molecule has 2 aromatic rings. The van der Waals surface area contributed by atoms with Gasteiger partial charge in [-0.3, -0.25) is 0 Å². The number of hydrazone groups is 1. The molecular formula is C25H33ClN4O2. The minimum absolute atomic E-state index is 0.0373. The number of hydrogen-bond acceptors (Lipinski definition) is 4. The van der Waals surface area contributed by atoms with Gasteiger partial charge in [0.1, 0.15) is 5.75 Å². The number of nitrogens with two attached hydrogens (primary N) is 1. The molecule has 0 fully saturated rings. The average Bonchev–Trinajstić information content (AvgIpc) is 3.23. The van der Waals surface area contributed by atoms with Crippen LogP contribution in [-0.4, -0.2) is 35.9 Å². The zero-order valence-corrected chi connectivity index (χ0v) is 20.0. The highest BCUT2D eigenvalue weighted by Gasteiger charge is 2.43. The number of urea groups is 1. The van der Waals surface area contributed by atoms with E-state index in [1.165, 1.54) is 5.01 Å². The Morgan fingerprint density at radius 1 is 1.19 bits per heavy atom. The lowest BCUT2D eigenvalue weighted by Gasteiger charge is -2.37. The number of anilines is 1. The molecule has 1 heterocycles. The second kappa shape index (κ2) is 10.4. The van der Waals surface area contributed by atoms with Crippen LogP contribution in [0.5, 0.6) is 5.75 Å². The molecular weight excluding hydrogens is 424 g/mol. The number of amides is 2. The monoisotopic (exact) mass is 456 g/mol. The van der Waals surface area contributed by atoms with Crippen LogP contribution in [0.4, 0.5) is 10.5 Å². The Morgan fingerprint density at radius 3 is 2.34 bits per heavy atom. The summed E-state index contributed by atoms with van der Waals surface area (Å²) in [4.78, 5) is 13.0. The van der Waals surface area contributed by atoms with Crippen LogP contribution in [0.1, 0.15) is 46.1 Å². The first-order valence-electron chi connectivity index (χ1n) is 11.2. The maximum Gasteiger partial charge on any atom is 0.342 e. The number of rotatable bonds is 8. The molecule has 3 rings (SSSR count). The lowest BCUT2D eigenvalue weighted by atomic mass is 9.68. The Hall–Kier alpha value is -2.57. The van der Waals surface area contributed by atoms with Crippen molar-refractivity contribution >= 4 is 29.0 Å². The van der Waals surface area contributed by atoms with Crippen molar-refractivity contribution in [3.05, 3.63) is 59.1 Å². The fourth-order valence-electron chi connectivity index (χ4n) is 4.24. The van der Waals surface area contributed by atoms with Crippen molar-refractivity contribution < 1.29 is 9.53 Å². The van der Waals surface area contributed by atoms with Crippen molar-refractivity contribution in [2.45, 2.75) is 46.6 Å². The highest BCUT2D eigenvalue weighted by atomic mass is 35.5. The standard InChI is InChI=1S/C25H33ClN4O2/c1-5-25(6-2,16-27)22-15-30(24(31)28-20-11-9-19(26)10-12-20)29-23(22)18-7-13-21(14-8-18)32-17(3)4/h7-14,17,22H,5-6,15-16,27H2,1-4H3,(H,28,31)/t22-/m1/s1. The van der Waals surface area contributed by atoms with Crippen LogP contribution in [-0.2, 0) is 0 Å². The van der Waals surface area contributed by atoms with E-state index in [2.05, 4.69) is 19.2 Å². The van der Waals surface area contributed by atoms with E-state index >= 15 is 0 Å². The van der Waals surface area contributed by atoms with Gasteiger partial charge < -0.3 is 15.8 Å². The number of carbonyl (C=O) groups excluding carboxylic acids is 1. The molecule has 2 aromatic carbocycles. The predicted octanol–water partition coefficient (Wildman–Crippen LogP) is 5.76. The van der Waals surface area contributed by atoms with E-state index in [0.717, 1.165) is 29.9 Å². The van der Waals surface area contributed by atoms with E-state index in [-0.39, 0.29) is 23.5 Å². The molecule has 0 saturated heterocycles. The van der Waals surface area contributed by atoms with Gasteiger partial charge in [-0.15, -0.1) is 0 Å². The first-order chi connectivity index (χ1) is 15.3. The molecule has 0 bridgehead atoms. The molecule has 1 aliphatic heterocycles. The maximum absolute atomic E-state index is 13.0. The van der Waals surface area contributed by atoms with Crippen molar-refractivity contribution in [1.29, 1.82) is 0 Å². The number of hydrogen-bond donors (Lipinski definition) is 2. The Labute approximate surface area is 195 Å². The summed E-state index contributed by atoms with van der Waals surface area (Å²) in [6.45, 7) is 9.33. The highest BCUT2D eigenvalue weighted by molar-refractivity contribution is 6.30. The summed E-state index contributed by atoms with van der Waals surface area (Å²) in [6, 6.07) is 14.7. The summed E-state index contributed by atoms with van der Waals surface area (Å²) in [5, 5.41) is 9.81. The molecule has 0 unspecified atom stereocenters. The van der Waals surface area contributed by atoms with Crippen LogP contribution >= 0.6 is 11.6 Å². The largest absolute Gasteiger partial charge is 0.491 e. The molecule has 0 aliphatic carbocycles. The molecule has 1 atom stereocenters. The third-order valence-electron chi connectivity index (χ3n) is 6.32. The third-order valence-corrected chi connectivity index (χ3v) is 6.57. The van der Waals surface area contributed by atoms with Crippen LogP contribution in [0, 0.1) is 11.3 Å².